The highest BCUT2D eigenvalue weighted by Crippen LogP contribution is 2.43. The SMILES string of the molecule is CCOC(=O)c1cc(N2CCC(N3CCOCC3)CC2)c2c(C3CCC3)nn(-c3ccc(C(F)(F)F)cc3)c2n1. The van der Waals surface area contributed by atoms with Crippen molar-refractivity contribution in [3.05, 3.63) is 47.3 Å². The van der Waals surface area contributed by atoms with Gasteiger partial charge in [0.05, 0.1) is 47.8 Å². The fourth-order valence-electron chi connectivity index (χ4n) is 6.04. The van der Waals surface area contributed by atoms with E-state index in [1.165, 1.54) is 12.1 Å². The van der Waals surface area contributed by atoms with Crippen molar-refractivity contribution in [3.8, 4) is 5.69 Å². The van der Waals surface area contributed by atoms with Gasteiger partial charge < -0.3 is 14.4 Å². The molecule has 2 aliphatic heterocycles. The monoisotopic (exact) mass is 557 g/mol. The van der Waals surface area contributed by atoms with Crippen LogP contribution in [0.5, 0.6) is 0 Å². The molecule has 1 aliphatic carbocycles. The van der Waals surface area contributed by atoms with E-state index >= 15 is 0 Å². The average Bonchev–Trinajstić information content (AvgIpc) is 3.31. The number of alkyl halides is 3. The molecule has 3 aromatic rings. The van der Waals surface area contributed by atoms with Crippen molar-refractivity contribution in [2.75, 3.05) is 50.9 Å². The molecule has 8 nitrogen and oxygen atoms in total. The van der Waals surface area contributed by atoms with Crippen LogP contribution in [0.15, 0.2) is 30.3 Å². The van der Waals surface area contributed by atoms with E-state index in [0.717, 1.165) is 100 Å². The van der Waals surface area contributed by atoms with Gasteiger partial charge in [-0.15, -0.1) is 0 Å². The lowest BCUT2D eigenvalue weighted by Crippen LogP contribution is -2.49. The first-order valence-corrected chi connectivity index (χ1v) is 14.2. The van der Waals surface area contributed by atoms with E-state index in [4.69, 9.17) is 19.6 Å². The van der Waals surface area contributed by atoms with Crippen LogP contribution in [-0.4, -0.2) is 77.7 Å². The average molecular weight is 558 g/mol. The molecule has 4 heterocycles. The Hall–Kier alpha value is -3.18. The van der Waals surface area contributed by atoms with Crippen LogP contribution in [0.25, 0.3) is 16.7 Å². The number of hydrogen-bond acceptors (Lipinski definition) is 7. The molecule has 1 aromatic carbocycles. The number of fused-ring (bicyclic) bond motifs is 1. The van der Waals surface area contributed by atoms with Crippen molar-refractivity contribution in [2.24, 2.45) is 0 Å². The van der Waals surface area contributed by atoms with Gasteiger partial charge in [-0.2, -0.15) is 18.3 Å². The first-order chi connectivity index (χ1) is 19.3. The minimum absolute atomic E-state index is 0.174. The predicted octanol–water partition coefficient (Wildman–Crippen LogP) is 5.18. The molecule has 40 heavy (non-hydrogen) atoms. The van der Waals surface area contributed by atoms with E-state index in [1.54, 1.807) is 11.6 Å². The molecular formula is C29H34F3N5O3. The fraction of sp³-hybridized carbons (Fsp3) is 0.552. The highest BCUT2D eigenvalue weighted by molar-refractivity contribution is 5.99. The Morgan fingerprint density at radius 1 is 1.05 bits per heavy atom. The molecule has 0 spiro atoms. The number of hydrogen-bond donors (Lipinski definition) is 0. The maximum atomic E-state index is 13.3. The van der Waals surface area contributed by atoms with Crippen LogP contribution in [-0.2, 0) is 15.7 Å². The summed E-state index contributed by atoms with van der Waals surface area (Å²) in [7, 11) is 0. The maximum Gasteiger partial charge on any atom is 0.416 e. The number of carbonyl (C=O) groups excluding carboxylic acids is 1. The Labute approximate surface area is 231 Å². The van der Waals surface area contributed by atoms with E-state index in [2.05, 4.69) is 9.80 Å². The van der Waals surface area contributed by atoms with Gasteiger partial charge in [-0.05, 0) is 62.9 Å². The summed E-state index contributed by atoms with van der Waals surface area (Å²) >= 11 is 0. The maximum absolute atomic E-state index is 13.3. The Balaban J connectivity index is 1.43. The summed E-state index contributed by atoms with van der Waals surface area (Å²) in [6, 6.07) is 7.23. The van der Waals surface area contributed by atoms with Gasteiger partial charge in [0, 0.05) is 38.1 Å². The molecule has 0 bridgehead atoms. The quantitative estimate of drug-likeness (QED) is 0.387. The number of rotatable bonds is 6. The van der Waals surface area contributed by atoms with Gasteiger partial charge in [0.1, 0.15) is 0 Å². The summed E-state index contributed by atoms with van der Waals surface area (Å²) in [5.74, 6) is -0.280. The second-order valence-electron chi connectivity index (χ2n) is 10.8. The Morgan fingerprint density at radius 2 is 1.75 bits per heavy atom. The van der Waals surface area contributed by atoms with Crippen molar-refractivity contribution in [3.63, 3.8) is 0 Å². The molecule has 2 aromatic heterocycles. The van der Waals surface area contributed by atoms with Crippen LogP contribution in [0.4, 0.5) is 18.9 Å². The minimum atomic E-state index is -4.43. The number of aromatic nitrogens is 3. The number of carbonyl (C=O) groups is 1. The van der Waals surface area contributed by atoms with Crippen LogP contribution < -0.4 is 4.90 Å². The lowest BCUT2D eigenvalue weighted by atomic mass is 9.82. The molecule has 214 valence electrons. The lowest BCUT2D eigenvalue weighted by molar-refractivity contribution is -0.137. The summed E-state index contributed by atoms with van der Waals surface area (Å²) in [5.41, 5.74) is 2.18. The molecule has 0 radical (unpaired) electrons. The van der Waals surface area contributed by atoms with Crippen LogP contribution in [0.2, 0.25) is 0 Å². The summed E-state index contributed by atoms with van der Waals surface area (Å²) in [6.07, 6.45) is 0.648. The topological polar surface area (TPSA) is 72.7 Å². The van der Waals surface area contributed by atoms with Crippen molar-refractivity contribution in [1.82, 2.24) is 19.7 Å². The third-order valence-electron chi connectivity index (χ3n) is 8.43. The van der Waals surface area contributed by atoms with Gasteiger partial charge in [-0.1, -0.05) is 6.42 Å². The minimum Gasteiger partial charge on any atom is -0.461 e. The highest BCUT2D eigenvalue weighted by Gasteiger charge is 2.34. The van der Waals surface area contributed by atoms with Crippen LogP contribution in [0.3, 0.4) is 0 Å². The molecule has 2 saturated heterocycles. The molecule has 6 rings (SSSR count). The van der Waals surface area contributed by atoms with Crippen molar-refractivity contribution < 1.29 is 27.4 Å². The number of nitrogens with zero attached hydrogens (tertiary/aromatic N) is 5. The zero-order chi connectivity index (χ0) is 27.9. The van der Waals surface area contributed by atoms with Crippen LogP contribution in [0, 0.1) is 0 Å². The van der Waals surface area contributed by atoms with Crippen LogP contribution in [0.1, 0.15) is 66.7 Å². The molecule has 0 N–H and O–H groups in total. The Morgan fingerprint density at radius 3 is 2.35 bits per heavy atom. The number of anilines is 1. The largest absolute Gasteiger partial charge is 0.461 e. The Bertz CT molecular complexity index is 1360. The number of esters is 1. The standard InChI is InChI=1S/C29H34F3N5O3/c1-2-40-28(38)23-18-24(36-12-10-21(11-13-36)35-14-16-39-17-15-35)25-26(19-4-3-5-19)34-37(27(25)33-23)22-8-6-20(7-9-22)29(30,31)32/h6-9,18-19,21H,2-5,10-17H2,1H3. The zero-order valence-electron chi connectivity index (χ0n) is 22.6. The zero-order valence-corrected chi connectivity index (χ0v) is 22.6. The third-order valence-corrected chi connectivity index (χ3v) is 8.43. The lowest BCUT2D eigenvalue weighted by Gasteiger charge is -2.41. The number of morpholine rings is 1. The van der Waals surface area contributed by atoms with Crippen molar-refractivity contribution in [1.29, 1.82) is 0 Å². The molecule has 3 aliphatic rings. The number of piperidine rings is 1. The first kappa shape index (κ1) is 27.0. The predicted molar refractivity (Wildman–Crippen MR) is 144 cm³/mol. The normalized spacial score (nSPS) is 19.6. The highest BCUT2D eigenvalue weighted by atomic mass is 19.4. The van der Waals surface area contributed by atoms with E-state index in [9.17, 15) is 18.0 Å². The summed E-state index contributed by atoms with van der Waals surface area (Å²) in [5, 5.41) is 5.81. The van der Waals surface area contributed by atoms with Gasteiger partial charge in [-0.3, -0.25) is 4.90 Å². The van der Waals surface area contributed by atoms with Crippen molar-refractivity contribution >= 4 is 22.7 Å². The number of benzene rings is 1. The van der Waals surface area contributed by atoms with E-state index in [-0.39, 0.29) is 18.2 Å². The summed E-state index contributed by atoms with van der Waals surface area (Å²) < 4.78 is 52.2. The molecular weight excluding hydrogens is 523 g/mol. The van der Waals surface area contributed by atoms with Gasteiger partial charge >= 0.3 is 12.1 Å². The summed E-state index contributed by atoms with van der Waals surface area (Å²) in [6.45, 7) is 7.02. The van der Waals surface area contributed by atoms with Gasteiger partial charge in [0.2, 0.25) is 0 Å². The molecule has 3 fully saturated rings. The second kappa shape index (κ2) is 11.0. The van der Waals surface area contributed by atoms with Gasteiger partial charge in [0.25, 0.3) is 0 Å². The van der Waals surface area contributed by atoms with Crippen molar-refractivity contribution in [2.45, 2.75) is 57.2 Å². The molecule has 0 unspecified atom stereocenters. The molecule has 11 heteroatoms. The van der Waals surface area contributed by atoms with Crippen LogP contribution >= 0.6 is 0 Å². The van der Waals surface area contributed by atoms with E-state index in [0.29, 0.717) is 17.4 Å². The first-order valence-electron chi connectivity index (χ1n) is 14.2. The summed E-state index contributed by atoms with van der Waals surface area (Å²) in [4.78, 5) is 22.4. The number of pyridine rings is 1. The van der Waals surface area contributed by atoms with Gasteiger partial charge in [-0.25, -0.2) is 14.5 Å². The Kier molecular flexibility index (Phi) is 7.43. The number of halogens is 3. The van der Waals surface area contributed by atoms with Gasteiger partial charge in [0.15, 0.2) is 11.3 Å². The third kappa shape index (κ3) is 5.16. The molecule has 1 saturated carbocycles. The molecule has 0 atom stereocenters. The van der Waals surface area contributed by atoms with E-state index in [1.807, 2.05) is 6.07 Å². The fourth-order valence-corrected chi connectivity index (χ4v) is 6.04. The smallest absolute Gasteiger partial charge is 0.416 e. The molecule has 0 amide bonds. The number of ether oxygens (including phenoxy) is 2. The van der Waals surface area contributed by atoms with E-state index < -0.39 is 17.7 Å². The second-order valence-corrected chi connectivity index (χ2v) is 10.8.